The van der Waals surface area contributed by atoms with Crippen molar-refractivity contribution in [2.75, 3.05) is 0 Å². The molecule has 0 spiro atoms. The largest absolute Gasteiger partial charge is 0.324 e. The smallest absolute Gasteiger partial charge is 0.158 e. The summed E-state index contributed by atoms with van der Waals surface area (Å²) in [5.41, 5.74) is 16.5. The first-order chi connectivity index (χ1) is 34.4. The first-order valence-electron chi connectivity index (χ1n) is 25.9. The number of hydrogen-bond acceptors (Lipinski definition) is 4. The van der Waals surface area contributed by atoms with Gasteiger partial charge in [0.15, 0.2) is 5.66 Å². The summed E-state index contributed by atoms with van der Waals surface area (Å²) in [5.74, 6) is 6.38. The quantitative estimate of drug-likeness (QED) is 0.170. The first-order valence-corrected chi connectivity index (χ1v) is 26.8. The molecule has 0 saturated carbocycles. The van der Waals surface area contributed by atoms with Crippen molar-refractivity contribution in [3.8, 4) is 12.3 Å². The van der Waals surface area contributed by atoms with Crippen molar-refractivity contribution >= 4 is 44.9 Å². The Morgan fingerprint density at radius 1 is 0.814 bits per heavy atom. The molecular weight excluding hydrogens is 869 g/mol. The second kappa shape index (κ2) is 19.0. The molecule has 8 aliphatic rings. The normalized spacial score (nSPS) is 27.4. The number of rotatable bonds is 9. The molecule has 70 heavy (non-hydrogen) atoms. The maximum absolute atomic E-state index is 6.56. The van der Waals surface area contributed by atoms with Crippen LogP contribution in [0.1, 0.15) is 113 Å². The first kappa shape index (κ1) is 44.6. The van der Waals surface area contributed by atoms with Crippen LogP contribution in [0.25, 0.3) is 21.5 Å². The van der Waals surface area contributed by atoms with Gasteiger partial charge >= 0.3 is 0 Å². The fraction of sp³-hybridized carbons (Fsp3) is 0.292. The third kappa shape index (κ3) is 8.18. The zero-order valence-corrected chi connectivity index (χ0v) is 41.4. The lowest BCUT2D eigenvalue weighted by Crippen LogP contribution is -2.45. The Bertz CT molecular complexity index is 3230. The van der Waals surface area contributed by atoms with Crippen LogP contribution in [0.3, 0.4) is 0 Å². The van der Waals surface area contributed by atoms with Gasteiger partial charge in [0.25, 0.3) is 0 Å². The number of allylic oxidation sites excluding steroid dienone is 17. The van der Waals surface area contributed by atoms with E-state index >= 15 is 0 Å². The highest BCUT2D eigenvalue weighted by Gasteiger charge is 2.43. The zero-order valence-electron chi connectivity index (χ0n) is 40.6. The molecule has 1 N–H and O–H groups in total. The van der Waals surface area contributed by atoms with Crippen LogP contribution in [0.4, 0.5) is 0 Å². The zero-order chi connectivity index (χ0) is 47.2. The van der Waals surface area contributed by atoms with Crippen molar-refractivity contribution in [1.29, 1.82) is 0 Å². The van der Waals surface area contributed by atoms with E-state index in [1.54, 1.807) is 0 Å². The highest BCUT2D eigenvalue weighted by Crippen LogP contribution is 2.57. The average molecular weight is 931 g/mol. The van der Waals surface area contributed by atoms with Gasteiger partial charge in [-0.3, -0.25) is 0 Å². The number of para-hydroxylation sites is 1. The minimum absolute atomic E-state index is 0.125. The highest BCUT2D eigenvalue weighted by molar-refractivity contribution is 8.09. The molecule has 3 heterocycles. The van der Waals surface area contributed by atoms with Gasteiger partial charge in [-0.1, -0.05) is 157 Å². The molecule has 5 unspecified atom stereocenters. The van der Waals surface area contributed by atoms with Crippen molar-refractivity contribution < 1.29 is 0 Å². The maximum atomic E-state index is 6.56. The van der Waals surface area contributed by atoms with E-state index < -0.39 is 5.66 Å². The number of thioether (sulfide) groups is 1. The third-order valence-electron chi connectivity index (χ3n) is 16.3. The Kier molecular flexibility index (Phi) is 12.1. The molecule has 3 aromatic carbocycles. The van der Waals surface area contributed by atoms with E-state index in [0.717, 1.165) is 98.8 Å². The Hall–Kier alpha value is -6.61. The number of nitrogens with zero attached hydrogens (tertiary/aromatic N) is 3. The summed E-state index contributed by atoms with van der Waals surface area (Å²) in [6, 6.07) is 30.6. The molecule has 0 amide bonds. The Labute approximate surface area is 419 Å². The standard InChI is InChI=1S/C65H62N4S/c1-4-53-56-33-20-21-36-59(56)69(52-31-18-9-19-32-52)60(53)61-43(2)54-34-22-35-57(62(54)70-61)55-38-37-47(50-40-48(44-23-10-5-11-24-44)39-49(41-50)45-25-12-6-13-26-45)42-58(55)64-66-63(46-27-14-7-15-28-46)67-65(3,68-64)51-29-16-8-17-30-51/h1,5,7-12,14-18,20-21,23-29,31,33,35-36,40,42,48-49,51,54,62H,6,13,19,22,30,32,34,37-39,41H2,2-3H3,(H,66,67,68)/t48-,49?,51?,54?,62?,65?/m0/s1. The van der Waals surface area contributed by atoms with Gasteiger partial charge in [0.05, 0.1) is 16.8 Å². The summed E-state index contributed by atoms with van der Waals surface area (Å²) in [7, 11) is 0. The SMILES string of the molecule is C#Cc1c(C2=C(C)C3CCC=C(C4=C(C5=NC(C)(C6C=CC=CC6)N=C(c6ccccc6)N5)C=C(C5=C[C@@H](c6ccccc6)CC(C6=CCCC=C6)C5)CC4)C3S2)n(C2=CC=CCC2)c2ccccc12. The summed E-state index contributed by atoms with van der Waals surface area (Å²) < 4.78 is 2.51. The van der Waals surface area contributed by atoms with Gasteiger partial charge in [0.1, 0.15) is 11.7 Å². The number of fused-ring (bicyclic) bond motifs is 2. The average Bonchev–Trinajstić information content (AvgIpc) is 3.95. The van der Waals surface area contributed by atoms with Crippen molar-refractivity contribution in [3.63, 3.8) is 0 Å². The fourth-order valence-electron chi connectivity index (χ4n) is 12.6. The van der Waals surface area contributed by atoms with E-state index in [2.05, 4.69) is 205 Å². The van der Waals surface area contributed by atoms with Gasteiger partial charge in [-0.25, -0.2) is 9.98 Å². The van der Waals surface area contributed by atoms with Crippen LogP contribution in [-0.4, -0.2) is 27.2 Å². The molecule has 0 radical (unpaired) electrons. The van der Waals surface area contributed by atoms with E-state index in [1.807, 2.05) is 0 Å². The van der Waals surface area contributed by atoms with Gasteiger partial charge in [0, 0.05) is 44.2 Å². The molecule has 0 fully saturated rings. The molecule has 6 atom stereocenters. The minimum Gasteiger partial charge on any atom is -0.324 e. The lowest BCUT2D eigenvalue weighted by Gasteiger charge is -2.37. The molecule has 0 saturated heterocycles. The van der Waals surface area contributed by atoms with E-state index in [4.69, 9.17) is 16.4 Å². The maximum Gasteiger partial charge on any atom is 0.158 e. The lowest BCUT2D eigenvalue weighted by atomic mass is 9.71. The van der Waals surface area contributed by atoms with E-state index in [-0.39, 0.29) is 11.2 Å². The Balaban J connectivity index is 1.01. The van der Waals surface area contributed by atoms with E-state index in [9.17, 15) is 0 Å². The molecule has 1 aromatic heterocycles. The Morgan fingerprint density at radius 3 is 2.43 bits per heavy atom. The molecule has 6 aliphatic carbocycles. The van der Waals surface area contributed by atoms with Crippen molar-refractivity contribution in [3.05, 3.63) is 225 Å². The molecule has 0 bridgehead atoms. The van der Waals surface area contributed by atoms with Crippen LogP contribution in [-0.2, 0) is 0 Å². The van der Waals surface area contributed by atoms with Gasteiger partial charge in [-0.05, 0) is 148 Å². The van der Waals surface area contributed by atoms with Gasteiger partial charge in [0.2, 0.25) is 0 Å². The summed E-state index contributed by atoms with van der Waals surface area (Å²) in [6.07, 6.45) is 48.8. The monoisotopic (exact) mass is 930 g/mol. The van der Waals surface area contributed by atoms with Crippen LogP contribution in [0, 0.1) is 30.1 Å². The van der Waals surface area contributed by atoms with Crippen LogP contribution >= 0.6 is 11.8 Å². The highest BCUT2D eigenvalue weighted by atomic mass is 32.2. The van der Waals surface area contributed by atoms with Gasteiger partial charge < -0.3 is 9.88 Å². The molecule has 12 rings (SSSR count). The molecule has 5 heteroatoms. The number of terminal acetylenes is 1. The van der Waals surface area contributed by atoms with Crippen LogP contribution in [0.15, 0.2) is 213 Å². The lowest BCUT2D eigenvalue weighted by molar-refractivity contribution is 0.364. The number of aromatic nitrogens is 1. The molecule has 2 aliphatic heterocycles. The number of benzene rings is 3. The second-order valence-corrected chi connectivity index (χ2v) is 21.6. The van der Waals surface area contributed by atoms with E-state index in [0.29, 0.717) is 17.8 Å². The van der Waals surface area contributed by atoms with Crippen molar-refractivity contribution in [1.82, 2.24) is 9.88 Å². The number of amidine groups is 2. The number of aliphatic imine (C=N–C) groups is 2. The van der Waals surface area contributed by atoms with Crippen molar-refractivity contribution in [2.45, 2.75) is 101 Å². The second-order valence-electron chi connectivity index (χ2n) is 20.5. The summed E-state index contributed by atoms with van der Waals surface area (Å²) in [5, 5.41) is 5.35. The van der Waals surface area contributed by atoms with E-state index in [1.165, 1.54) is 66.4 Å². The number of hydrogen-bond donors (Lipinski definition) is 1. The summed E-state index contributed by atoms with van der Waals surface area (Å²) in [4.78, 5) is 12.7. The van der Waals surface area contributed by atoms with Crippen molar-refractivity contribution in [2.24, 2.45) is 27.7 Å². The third-order valence-corrected chi connectivity index (χ3v) is 17.9. The van der Waals surface area contributed by atoms with Crippen LogP contribution in [0.5, 0.6) is 0 Å². The Morgan fingerprint density at radius 2 is 1.64 bits per heavy atom. The van der Waals surface area contributed by atoms with Gasteiger partial charge in [-0.15, -0.1) is 18.2 Å². The number of nitrogens with one attached hydrogen (secondary N) is 1. The molecule has 348 valence electrons. The fourth-order valence-corrected chi connectivity index (χ4v) is 14.4. The molecule has 4 nitrogen and oxygen atoms in total. The topological polar surface area (TPSA) is 41.7 Å². The summed E-state index contributed by atoms with van der Waals surface area (Å²) in [6.45, 7) is 4.64. The van der Waals surface area contributed by atoms with Gasteiger partial charge in [-0.2, -0.15) is 0 Å². The molecular formula is C65H62N4S. The van der Waals surface area contributed by atoms with Crippen LogP contribution < -0.4 is 5.32 Å². The summed E-state index contributed by atoms with van der Waals surface area (Å²) >= 11 is 2.06. The van der Waals surface area contributed by atoms with Crippen LogP contribution in [0.2, 0.25) is 0 Å². The minimum atomic E-state index is -0.705. The molecule has 4 aromatic rings. The predicted molar refractivity (Wildman–Crippen MR) is 296 cm³/mol. The predicted octanol–water partition coefficient (Wildman–Crippen LogP) is 15.7.